The van der Waals surface area contributed by atoms with Gasteiger partial charge in [0.25, 0.3) is 0 Å². The fraction of sp³-hybridized carbons (Fsp3) is 0.800. The number of nitrogens with two attached hydrogens (primary N) is 1. The van der Waals surface area contributed by atoms with Gasteiger partial charge in [0.1, 0.15) is 0 Å². The molecule has 2 rings (SSSR count). The first-order chi connectivity index (χ1) is 9.56. The lowest BCUT2D eigenvalue weighted by atomic mass is 9.77. The van der Waals surface area contributed by atoms with Gasteiger partial charge in [-0.3, -0.25) is 16.0 Å². The van der Waals surface area contributed by atoms with Crippen molar-refractivity contribution >= 4 is 11.6 Å². The van der Waals surface area contributed by atoms with Gasteiger partial charge in [0.05, 0.1) is 16.4 Å². The van der Waals surface area contributed by atoms with E-state index in [0.29, 0.717) is 12.0 Å². The summed E-state index contributed by atoms with van der Waals surface area (Å²) in [6.45, 7) is 4.24. The summed E-state index contributed by atoms with van der Waals surface area (Å²) in [5, 5.41) is 5.17. The lowest BCUT2D eigenvalue weighted by Crippen LogP contribution is -2.44. The highest BCUT2D eigenvalue weighted by Gasteiger charge is 2.28. The minimum absolute atomic E-state index is 0.292. The third-order valence-corrected chi connectivity index (χ3v) is 5.42. The Bertz CT molecular complexity index is 435. The molecule has 0 radical (unpaired) electrons. The predicted molar refractivity (Wildman–Crippen MR) is 83.5 cm³/mol. The zero-order valence-corrected chi connectivity index (χ0v) is 13.6. The molecule has 1 atom stereocenters. The SMILES string of the molecule is CCC1CCC(C(Cc2c(Cl)c(C)nn2C)NN)CC1. The van der Waals surface area contributed by atoms with Gasteiger partial charge in [0.15, 0.2) is 0 Å². The van der Waals surface area contributed by atoms with Crippen LogP contribution in [-0.4, -0.2) is 15.8 Å². The molecule has 0 aromatic carbocycles. The number of rotatable bonds is 5. The maximum Gasteiger partial charge on any atom is 0.0847 e. The first-order valence-electron chi connectivity index (χ1n) is 7.70. The number of hydrogen-bond donors (Lipinski definition) is 2. The Labute approximate surface area is 127 Å². The molecule has 1 aliphatic rings. The summed E-state index contributed by atoms with van der Waals surface area (Å²) in [5.74, 6) is 7.36. The van der Waals surface area contributed by atoms with Crippen molar-refractivity contribution in [2.75, 3.05) is 0 Å². The molecule has 3 N–H and O–H groups in total. The standard InChI is InChI=1S/C15H27ClN4/c1-4-11-5-7-12(8-6-11)13(18-17)9-14-15(16)10(2)19-20(14)3/h11-13,18H,4-9,17H2,1-3H3. The molecule has 0 saturated heterocycles. The van der Waals surface area contributed by atoms with Crippen molar-refractivity contribution in [3.63, 3.8) is 0 Å². The molecule has 0 aliphatic heterocycles. The monoisotopic (exact) mass is 298 g/mol. The van der Waals surface area contributed by atoms with Gasteiger partial charge in [-0.1, -0.05) is 37.8 Å². The summed E-state index contributed by atoms with van der Waals surface area (Å²) in [7, 11) is 1.95. The molecule has 20 heavy (non-hydrogen) atoms. The Balaban J connectivity index is 2.02. The van der Waals surface area contributed by atoms with Gasteiger partial charge >= 0.3 is 0 Å². The summed E-state index contributed by atoms with van der Waals surface area (Å²) >= 11 is 6.35. The van der Waals surface area contributed by atoms with E-state index in [1.54, 1.807) is 0 Å². The van der Waals surface area contributed by atoms with Crippen molar-refractivity contribution in [1.82, 2.24) is 15.2 Å². The van der Waals surface area contributed by atoms with E-state index >= 15 is 0 Å². The molecule has 1 aliphatic carbocycles. The Hall–Kier alpha value is -0.580. The van der Waals surface area contributed by atoms with Crippen molar-refractivity contribution in [2.24, 2.45) is 24.7 Å². The molecular weight excluding hydrogens is 272 g/mol. The second-order valence-corrected chi connectivity index (χ2v) is 6.51. The van der Waals surface area contributed by atoms with E-state index in [9.17, 15) is 0 Å². The van der Waals surface area contributed by atoms with Crippen LogP contribution in [0.15, 0.2) is 0 Å². The maximum atomic E-state index is 6.35. The van der Waals surface area contributed by atoms with E-state index in [0.717, 1.165) is 28.7 Å². The predicted octanol–water partition coefficient (Wildman–Crippen LogP) is 2.97. The van der Waals surface area contributed by atoms with Crippen LogP contribution >= 0.6 is 11.6 Å². The second-order valence-electron chi connectivity index (χ2n) is 6.14. The zero-order valence-electron chi connectivity index (χ0n) is 12.8. The Morgan fingerprint density at radius 2 is 2.05 bits per heavy atom. The molecule has 4 nitrogen and oxygen atoms in total. The van der Waals surface area contributed by atoms with Gasteiger partial charge in [0.2, 0.25) is 0 Å². The van der Waals surface area contributed by atoms with Gasteiger partial charge in [-0.15, -0.1) is 0 Å². The highest BCUT2D eigenvalue weighted by Crippen LogP contribution is 2.34. The van der Waals surface area contributed by atoms with Crippen LogP contribution in [0.1, 0.15) is 50.4 Å². The number of nitrogens with one attached hydrogen (secondary N) is 1. The molecule has 114 valence electrons. The van der Waals surface area contributed by atoms with E-state index in [2.05, 4.69) is 17.4 Å². The van der Waals surface area contributed by atoms with Crippen molar-refractivity contribution in [1.29, 1.82) is 0 Å². The van der Waals surface area contributed by atoms with Crippen LogP contribution in [0.2, 0.25) is 5.02 Å². The minimum atomic E-state index is 0.292. The van der Waals surface area contributed by atoms with Gasteiger partial charge in [-0.2, -0.15) is 5.10 Å². The molecular formula is C15H27ClN4. The quantitative estimate of drug-likeness (QED) is 0.649. The molecule has 5 heteroatoms. The van der Waals surface area contributed by atoms with Gasteiger partial charge < -0.3 is 0 Å². The van der Waals surface area contributed by atoms with Crippen LogP contribution in [0.3, 0.4) is 0 Å². The number of halogens is 1. The van der Waals surface area contributed by atoms with Crippen molar-refractivity contribution < 1.29 is 0 Å². The van der Waals surface area contributed by atoms with Crippen molar-refractivity contribution in [2.45, 2.75) is 58.4 Å². The average Bonchev–Trinajstić information content (AvgIpc) is 2.70. The number of aromatic nitrogens is 2. The first-order valence-corrected chi connectivity index (χ1v) is 8.08. The Kier molecular flexibility index (Phi) is 5.47. The highest BCUT2D eigenvalue weighted by molar-refractivity contribution is 6.31. The van der Waals surface area contributed by atoms with Crippen molar-refractivity contribution in [3.05, 3.63) is 16.4 Å². The van der Waals surface area contributed by atoms with Crippen LogP contribution in [0.5, 0.6) is 0 Å². The van der Waals surface area contributed by atoms with Crippen molar-refractivity contribution in [3.8, 4) is 0 Å². The number of nitrogens with zero attached hydrogens (tertiary/aromatic N) is 2. The minimum Gasteiger partial charge on any atom is -0.271 e. The van der Waals surface area contributed by atoms with E-state index in [1.807, 2.05) is 18.7 Å². The van der Waals surface area contributed by atoms with Crippen LogP contribution in [0.4, 0.5) is 0 Å². The van der Waals surface area contributed by atoms with Crippen LogP contribution in [0.25, 0.3) is 0 Å². The van der Waals surface area contributed by atoms with E-state index < -0.39 is 0 Å². The van der Waals surface area contributed by atoms with E-state index in [4.69, 9.17) is 17.4 Å². The Morgan fingerprint density at radius 1 is 1.40 bits per heavy atom. The van der Waals surface area contributed by atoms with Crippen LogP contribution in [0, 0.1) is 18.8 Å². The van der Waals surface area contributed by atoms with Gasteiger partial charge in [0, 0.05) is 19.5 Å². The molecule has 0 bridgehead atoms. The molecule has 1 heterocycles. The zero-order chi connectivity index (χ0) is 14.7. The number of hydrogen-bond acceptors (Lipinski definition) is 3. The summed E-state index contributed by atoms with van der Waals surface area (Å²) in [6, 6.07) is 0.292. The molecule has 0 spiro atoms. The molecule has 1 fully saturated rings. The lowest BCUT2D eigenvalue weighted by molar-refractivity contribution is 0.216. The van der Waals surface area contributed by atoms with Gasteiger partial charge in [-0.05, 0) is 31.6 Å². The average molecular weight is 299 g/mol. The van der Waals surface area contributed by atoms with Crippen LogP contribution in [-0.2, 0) is 13.5 Å². The normalized spacial score (nSPS) is 24.9. The third-order valence-electron chi connectivity index (χ3n) is 4.93. The largest absolute Gasteiger partial charge is 0.271 e. The fourth-order valence-corrected chi connectivity index (χ4v) is 3.71. The lowest BCUT2D eigenvalue weighted by Gasteiger charge is -2.33. The van der Waals surface area contributed by atoms with Gasteiger partial charge in [-0.25, -0.2) is 0 Å². The highest BCUT2D eigenvalue weighted by atomic mass is 35.5. The first kappa shape index (κ1) is 15.8. The molecule has 1 unspecified atom stereocenters. The summed E-state index contributed by atoms with van der Waals surface area (Å²) < 4.78 is 1.89. The maximum absolute atomic E-state index is 6.35. The Morgan fingerprint density at radius 3 is 2.50 bits per heavy atom. The molecule has 1 saturated carbocycles. The third kappa shape index (κ3) is 3.35. The smallest absolute Gasteiger partial charge is 0.0847 e. The summed E-state index contributed by atoms with van der Waals surface area (Å²) in [6.07, 6.45) is 7.35. The molecule has 1 aromatic rings. The fourth-order valence-electron chi connectivity index (χ4n) is 3.47. The molecule has 0 amide bonds. The van der Waals surface area contributed by atoms with E-state index in [-0.39, 0.29) is 0 Å². The summed E-state index contributed by atoms with van der Waals surface area (Å²) in [5.41, 5.74) is 5.00. The summed E-state index contributed by atoms with van der Waals surface area (Å²) in [4.78, 5) is 0. The molecule has 1 aromatic heterocycles. The van der Waals surface area contributed by atoms with Crippen LogP contribution < -0.4 is 11.3 Å². The topological polar surface area (TPSA) is 55.9 Å². The van der Waals surface area contributed by atoms with E-state index in [1.165, 1.54) is 32.1 Å². The number of hydrazine groups is 1. The second kappa shape index (κ2) is 6.92. The number of aryl methyl sites for hydroxylation is 2.